The standard InChI is InChI=1S/C14H14FNO3/c1-18-9-8-16-14(17)13-7-6-12(19-13)10-4-2-3-5-11(10)15/h2-7H,8-9H2,1H3,(H,16,17). The molecule has 1 aromatic heterocycles. The van der Waals surface area contributed by atoms with E-state index in [1.54, 1.807) is 31.4 Å². The third-order valence-electron chi connectivity index (χ3n) is 2.56. The number of furan rings is 1. The van der Waals surface area contributed by atoms with Crippen molar-refractivity contribution >= 4 is 5.91 Å². The van der Waals surface area contributed by atoms with Crippen LogP contribution in [-0.4, -0.2) is 26.2 Å². The van der Waals surface area contributed by atoms with Crippen molar-refractivity contribution in [2.45, 2.75) is 0 Å². The maximum atomic E-state index is 13.6. The zero-order valence-corrected chi connectivity index (χ0v) is 10.5. The number of ether oxygens (including phenoxy) is 1. The maximum Gasteiger partial charge on any atom is 0.287 e. The lowest BCUT2D eigenvalue weighted by atomic mass is 10.1. The quantitative estimate of drug-likeness (QED) is 0.843. The highest BCUT2D eigenvalue weighted by atomic mass is 19.1. The number of methoxy groups -OCH3 is 1. The second-order valence-electron chi connectivity index (χ2n) is 3.89. The van der Waals surface area contributed by atoms with Crippen LogP contribution in [0.3, 0.4) is 0 Å². The van der Waals surface area contributed by atoms with Gasteiger partial charge < -0.3 is 14.5 Å². The highest BCUT2D eigenvalue weighted by Crippen LogP contribution is 2.24. The van der Waals surface area contributed by atoms with E-state index in [0.717, 1.165) is 0 Å². The number of benzene rings is 1. The van der Waals surface area contributed by atoms with Crippen LogP contribution in [0, 0.1) is 5.82 Å². The van der Waals surface area contributed by atoms with E-state index in [1.165, 1.54) is 12.1 Å². The highest BCUT2D eigenvalue weighted by molar-refractivity contribution is 5.92. The fourth-order valence-electron chi connectivity index (χ4n) is 1.62. The first-order valence-corrected chi connectivity index (χ1v) is 5.84. The van der Waals surface area contributed by atoms with Crippen LogP contribution in [0.5, 0.6) is 0 Å². The molecule has 0 saturated heterocycles. The summed E-state index contributed by atoms with van der Waals surface area (Å²) >= 11 is 0. The lowest BCUT2D eigenvalue weighted by Gasteiger charge is -2.02. The molecule has 1 N–H and O–H groups in total. The van der Waals surface area contributed by atoms with E-state index in [9.17, 15) is 9.18 Å². The van der Waals surface area contributed by atoms with Gasteiger partial charge in [0.2, 0.25) is 0 Å². The van der Waals surface area contributed by atoms with Crippen LogP contribution < -0.4 is 5.32 Å². The molecule has 0 aliphatic carbocycles. The molecule has 1 aromatic carbocycles. The molecule has 4 nitrogen and oxygen atoms in total. The van der Waals surface area contributed by atoms with Crippen LogP contribution in [-0.2, 0) is 4.74 Å². The number of amides is 1. The summed E-state index contributed by atoms with van der Waals surface area (Å²) in [5.41, 5.74) is 0.332. The Bertz CT molecular complexity index is 565. The Labute approximate surface area is 110 Å². The highest BCUT2D eigenvalue weighted by Gasteiger charge is 2.13. The molecule has 0 radical (unpaired) electrons. The Morgan fingerprint density at radius 3 is 2.84 bits per heavy atom. The van der Waals surface area contributed by atoms with E-state index in [1.807, 2.05) is 0 Å². The molecule has 2 rings (SSSR count). The van der Waals surface area contributed by atoms with Gasteiger partial charge in [-0.1, -0.05) is 12.1 Å². The summed E-state index contributed by atoms with van der Waals surface area (Å²) in [4.78, 5) is 11.7. The summed E-state index contributed by atoms with van der Waals surface area (Å²) in [5.74, 6) is -0.257. The third-order valence-corrected chi connectivity index (χ3v) is 2.56. The van der Waals surface area contributed by atoms with Crippen LogP contribution in [0.2, 0.25) is 0 Å². The van der Waals surface area contributed by atoms with Crippen molar-refractivity contribution in [3.63, 3.8) is 0 Å². The monoisotopic (exact) mass is 263 g/mol. The first kappa shape index (κ1) is 13.3. The minimum Gasteiger partial charge on any atom is -0.451 e. The zero-order chi connectivity index (χ0) is 13.7. The minimum atomic E-state index is -0.386. The van der Waals surface area contributed by atoms with Gasteiger partial charge in [-0.2, -0.15) is 0 Å². The fraction of sp³-hybridized carbons (Fsp3) is 0.214. The van der Waals surface area contributed by atoms with Crippen LogP contribution in [0.15, 0.2) is 40.8 Å². The number of hydrogen-bond acceptors (Lipinski definition) is 3. The number of halogens is 1. The first-order chi connectivity index (χ1) is 9.22. The molecule has 100 valence electrons. The minimum absolute atomic E-state index is 0.148. The van der Waals surface area contributed by atoms with E-state index < -0.39 is 0 Å². The van der Waals surface area contributed by atoms with Gasteiger partial charge in [-0.15, -0.1) is 0 Å². The summed E-state index contributed by atoms with van der Waals surface area (Å²) in [6, 6.07) is 9.34. The van der Waals surface area contributed by atoms with Gasteiger partial charge in [0.1, 0.15) is 11.6 Å². The van der Waals surface area contributed by atoms with Gasteiger partial charge >= 0.3 is 0 Å². The van der Waals surface area contributed by atoms with E-state index in [0.29, 0.717) is 24.5 Å². The van der Waals surface area contributed by atoms with Crippen molar-refractivity contribution in [2.24, 2.45) is 0 Å². The predicted octanol–water partition coefficient (Wildman–Crippen LogP) is 2.46. The topological polar surface area (TPSA) is 51.5 Å². The van der Waals surface area contributed by atoms with Gasteiger partial charge in [-0.05, 0) is 24.3 Å². The van der Waals surface area contributed by atoms with E-state index in [-0.39, 0.29) is 17.5 Å². The molecule has 1 heterocycles. The van der Waals surface area contributed by atoms with E-state index >= 15 is 0 Å². The van der Waals surface area contributed by atoms with Crippen LogP contribution in [0.25, 0.3) is 11.3 Å². The van der Waals surface area contributed by atoms with Crippen molar-refractivity contribution in [3.05, 3.63) is 48.0 Å². The van der Waals surface area contributed by atoms with Gasteiger partial charge in [0.15, 0.2) is 5.76 Å². The van der Waals surface area contributed by atoms with Gasteiger partial charge in [0.05, 0.1) is 12.2 Å². The van der Waals surface area contributed by atoms with Crippen LogP contribution >= 0.6 is 0 Å². The molecule has 0 saturated carbocycles. The van der Waals surface area contributed by atoms with Crippen molar-refractivity contribution in [2.75, 3.05) is 20.3 Å². The average Bonchev–Trinajstić information content (AvgIpc) is 2.89. The normalized spacial score (nSPS) is 10.4. The maximum absolute atomic E-state index is 13.6. The zero-order valence-electron chi connectivity index (χ0n) is 10.5. The average molecular weight is 263 g/mol. The molecule has 0 aliphatic rings. The number of carbonyl (C=O) groups is 1. The van der Waals surface area contributed by atoms with Gasteiger partial charge in [0, 0.05) is 13.7 Å². The Kier molecular flexibility index (Phi) is 4.30. The molecule has 19 heavy (non-hydrogen) atoms. The van der Waals surface area contributed by atoms with Gasteiger partial charge in [0.25, 0.3) is 5.91 Å². The summed E-state index contributed by atoms with van der Waals surface area (Å²) in [6.45, 7) is 0.817. The Balaban J connectivity index is 2.11. The molecule has 0 atom stereocenters. The summed E-state index contributed by atoms with van der Waals surface area (Å²) in [7, 11) is 1.55. The predicted molar refractivity (Wildman–Crippen MR) is 68.3 cm³/mol. The summed E-state index contributed by atoms with van der Waals surface area (Å²) < 4.78 is 23.7. The molecular weight excluding hydrogens is 249 g/mol. The Morgan fingerprint density at radius 1 is 1.32 bits per heavy atom. The molecule has 0 bridgehead atoms. The van der Waals surface area contributed by atoms with Crippen molar-refractivity contribution < 1.29 is 18.3 Å². The molecule has 0 spiro atoms. The van der Waals surface area contributed by atoms with Crippen molar-refractivity contribution in [1.29, 1.82) is 0 Å². The lowest BCUT2D eigenvalue weighted by Crippen LogP contribution is -2.26. The van der Waals surface area contributed by atoms with Crippen LogP contribution in [0.4, 0.5) is 4.39 Å². The summed E-state index contributed by atoms with van der Waals surface area (Å²) in [5, 5.41) is 2.63. The molecule has 5 heteroatoms. The molecule has 2 aromatic rings. The summed E-state index contributed by atoms with van der Waals surface area (Å²) in [6.07, 6.45) is 0. The van der Waals surface area contributed by atoms with Crippen molar-refractivity contribution in [3.8, 4) is 11.3 Å². The third kappa shape index (κ3) is 3.20. The lowest BCUT2D eigenvalue weighted by molar-refractivity contribution is 0.0910. The van der Waals surface area contributed by atoms with Gasteiger partial charge in [-0.3, -0.25) is 4.79 Å². The second-order valence-corrected chi connectivity index (χ2v) is 3.89. The molecule has 1 amide bonds. The van der Waals surface area contributed by atoms with Crippen molar-refractivity contribution in [1.82, 2.24) is 5.32 Å². The van der Waals surface area contributed by atoms with Crippen LogP contribution in [0.1, 0.15) is 10.6 Å². The molecule has 0 aliphatic heterocycles. The molecule has 0 unspecified atom stereocenters. The Hall–Kier alpha value is -2.14. The van der Waals surface area contributed by atoms with E-state index in [2.05, 4.69) is 5.32 Å². The molecular formula is C14H14FNO3. The number of hydrogen-bond donors (Lipinski definition) is 1. The fourth-order valence-corrected chi connectivity index (χ4v) is 1.62. The number of nitrogens with one attached hydrogen (secondary N) is 1. The number of carbonyl (C=O) groups excluding carboxylic acids is 1. The van der Waals surface area contributed by atoms with Gasteiger partial charge in [-0.25, -0.2) is 4.39 Å². The SMILES string of the molecule is COCCNC(=O)c1ccc(-c2ccccc2F)o1. The molecule has 0 fully saturated rings. The smallest absolute Gasteiger partial charge is 0.287 e. The Morgan fingerprint density at radius 2 is 2.11 bits per heavy atom. The number of rotatable bonds is 5. The largest absolute Gasteiger partial charge is 0.451 e. The van der Waals surface area contributed by atoms with E-state index in [4.69, 9.17) is 9.15 Å². The first-order valence-electron chi connectivity index (χ1n) is 5.84. The second kappa shape index (κ2) is 6.15.